The lowest BCUT2D eigenvalue weighted by molar-refractivity contribution is -0.384. The van der Waals surface area contributed by atoms with Gasteiger partial charge in [0.15, 0.2) is 5.17 Å². The van der Waals surface area contributed by atoms with E-state index in [9.17, 15) is 14.9 Å². The highest BCUT2D eigenvalue weighted by molar-refractivity contribution is 8.18. The number of piperazine rings is 1. The first-order valence-corrected chi connectivity index (χ1v) is 11.4. The maximum Gasteiger partial charge on any atom is 0.286 e. The van der Waals surface area contributed by atoms with Gasteiger partial charge in [0.05, 0.1) is 9.83 Å². The lowest BCUT2D eigenvalue weighted by Crippen LogP contribution is -2.47. The molecule has 2 heterocycles. The Balaban J connectivity index is 1.37. The maximum atomic E-state index is 12.5. The average molecular weight is 451 g/mol. The Morgan fingerprint density at radius 1 is 0.969 bits per heavy atom. The Bertz CT molecular complexity index is 1080. The zero-order valence-electron chi connectivity index (χ0n) is 18.4. The zero-order valence-corrected chi connectivity index (χ0v) is 19.3. The molecule has 8 heteroatoms. The number of carbonyl (C=O) groups excluding carboxylic acids is 1. The molecule has 0 spiro atoms. The molecule has 0 N–H and O–H groups in total. The van der Waals surface area contributed by atoms with Crippen molar-refractivity contribution >= 4 is 40.3 Å². The molecule has 0 bridgehead atoms. The van der Waals surface area contributed by atoms with Crippen molar-refractivity contribution in [3.05, 3.63) is 74.7 Å². The third-order valence-corrected chi connectivity index (χ3v) is 6.70. The van der Waals surface area contributed by atoms with Crippen molar-refractivity contribution < 1.29 is 9.72 Å². The summed E-state index contributed by atoms with van der Waals surface area (Å²) in [6, 6.07) is 14.9. The highest BCUT2D eigenvalue weighted by atomic mass is 32.2. The largest absolute Gasteiger partial charge is 0.368 e. The first kappa shape index (κ1) is 22.1. The monoisotopic (exact) mass is 450 g/mol. The van der Waals surface area contributed by atoms with E-state index >= 15 is 0 Å². The van der Waals surface area contributed by atoms with Crippen molar-refractivity contribution in [3.63, 3.8) is 0 Å². The van der Waals surface area contributed by atoms with Crippen molar-refractivity contribution in [3.8, 4) is 0 Å². The van der Waals surface area contributed by atoms with Gasteiger partial charge in [-0.05, 0) is 46.5 Å². The number of amidine groups is 1. The summed E-state index contributed by atoms with van der Waals surface area (Å²) in [4.78, 5) is 32.2. The Morgan fingerprint density at radius 3 is 2.12 bits per heavy atom. The van der Waals surface area contributed by atoms with Crippen LogP contribution in [0.3, 0.4) is 0 Å². The Kier molecular flexibility index (Phi) is 6.06. The number of hydrogen-bond acceptors (Lipinski definition) is 6. The second-order valence-electron chi connectivity index (χ2n) is 8.93. The first-order chi connectivity index (χ1) is 15.2. The number of nitro groups is 1. The molecule has 0 unspecified atom stereocenters. The summed E-state index contributed by atoms with van der Waals surface area (Å²) >= 11 is 1.43. The molecule has 2 aliphatic heterocycles. The molecule has 1 saturated heterocycles. The van der Waals surface area contributed by atoms with Crippen LogP contribution in [0.1, 0.15) is 31.9 Å². The van der Waals surface area contributed by atoms with E-state index in [0.717, 1.165) is 42.6 Å². The molecule has 4 rings (SSSR count). The summed E-state index contributed by atoms with van der Waals surface area (Å²) in [6.07, 6.45) is 1.91. The van der Waals surface area contributed by atoms with Crippen LogP contribution in [0.25, 0.3) is 6.08 Å². The van der Waals surface area contributed by atoms with Crippen molar-refractivity contribution in [2.24, 2.45) is 4.99 Å². The van der Waals surface area contributed by atoms with E-state index in [1.165, 1.54) is 29.5 Å². The molecule has 0 saturated carbocycles. The number of thioether (sulfide) groups is 1. The fraction of sp³-hybridized carbons (Fsp3) is 0.333. The predicted octanol–water partition coefficient (Wildman–Crippen LogP) is 4.68. The van der Waals surface area contributed by atoms with E-state index in [-0.39, 0.29) is 17.0 Å². The van der Waals surface area contributed by atoms with Crippen LogP contribution in [0.15, 0.2) is 58.4 Å². The molecule has 7 nitrogen and oxygen atoms in total. The molecule has 0 aromatic heterocycles. The van der Waals surface area contributed by atoms with Gasteiger partial charge in [-0.2, -0.15) is 4.99 Å². The van der Waals surface area contributed by atoms with E-state index in [0.29, 0.717) is 4.91 Å². The summed E-state index contributed by atoms with van der Waals surface area (Å²) in [7, 11) is 0. The van der Waals surface area contributed by atoms with Crippen LogP contribution >= 0.6 is 11.8 Å². The van der Waals surface area contributed by atoms with Gasteiger partial charge in [-0.25, -0.2) is 0 Å². The minimum atomic E-state index is -0.391. The Hall–Kier alpha value is -3.13. The summed E-state index contributed by atoms with van der Waals surface area (Å²) in [6.45, 7) is 9.54. The third kappa shape index (κ3) is 4.85. The summed E-state index contributed by atoms with van der Waals surface area (Å²) in [5.41, 5.74) is 3.40. The molecule has 2 aromatic carbocycles. The molecule has 0 aliphatic carbocycles. The number of amides is 1. The van der Waals surface area contributed by atoms with Gasteiger partial charge in [0.25, 0.3) is 11.6 Å². The van der Waals surface area contributed by atoms with Crippen LogP contribution in [-0.4, -0.2) is 47.1 Å². The van der Waals surface area contributed by atoms with Gasteiger partial charge in [-0.15, -0.1) is 0 Å². The second-order valence-corrected chi connectivity index (χ2v) is 9.94. The number of hydrogen-bond donors (Lipinski definition) is 0. The summed E-state index contributed by atoms with van der Waals surface area (Å²) < 4.78 is 0. The number of non-ortho nitro benzene ring substituents is 1. The van der Waals surface area contributed by atoms with Crippen LogP contribution in [0, 0.1) is 10.1 Å². The van der Waals surface area contributed by atoms with Crippen molar-refractivity contribution in [1.82, 2.24) is 4.90 Å². The van der Waals surface area contributed by atoms with Gasteiger partial charge in [-0.3, -0.25) is 14.9 Å². The zero-order chi connectivity index (χ0) is 22.9. The highest BCUT2D eigenvalue weighted by Gasteiger charge is 2.28. The quantitative estimate of drug-likeness (QED) is 0.384. The van der Waals surface area contributed by atoms with Gasteiger partial charge >= 0.3 is 0 Å². The first-order valence-electron chi connectivity index (χ1n) is 10.6. The number of anilines is 1. The van der Waals surface area contributed by atoms with Crippen molar-refractivity contribution in [2.75, 3.05) is 31.1 Å². The van der Waals surface area contributed by atoms with Gasteiger partial charge in [-0.1, -0.05) is 45.0 Å². The SMILES string of the molecule is CC(C)(C)c1ccc(/C=C2\SC(N3CCN(c4ccc([N+](=O)[O-])cc4)CC3)=NC2=O)cc1. The number of nitro benzene ring substituents is 1. The lowest BCUT2D eigenvalue weighted by Gasteiger charge is -2.36. The molecule has 166 valence electrons. The molecule has 0 atom stereocenters. The smallest absolute Gasteiger partial charge is 0.286 e. The molecule has 2 aliphatic rings. The number of aliphatic imine (C=N–C) groups is 1. The van der Waals surface area contributed by atoms with Crippen LogP contribution in [0.2, 0.25) is 0 Å². The number of nitrogens with zero attached hydrogens (tertiary/aromatic N) is 4. The van der Waals surface area contributed by atoms with Crippen molar-refractivity contribution in [2.45, 2.75) is 26.2 Å². The van der Waals surface area contributed by atoms with E-state index in [1.54, 1.807) is 12.1 Å². The second kappa shape index (κ2) is 8.78. The van der Waals surface area contributed by atoms with Gasteiger partial charge < -0.3 is 9.80 Å². The lowest BCUT2D eigenvalue weighted by atomic mass is 9.87. The summed E-state index contributed by atoms with van der Waals surface area (Å²) in [5.74, 6) is -0.192. The molecular weight excluding hydrogens is 424 g/mol. The average Bonchev–Trinajstić information content (AvgIpc) is 3.14. The normalized spacial score (nSPS) is 18.3. The van der Waals surface area contributed by atoms with Crippen LogP contribution in [0.5, 0.6) is 0 Å². The van der Waals surface area contributed by atoms with Gasteiger partial charge in [0.1, 0.15) is 0 Å². The van der Waals surface area contributed by atoms with E-state index in [2.05, 4.69) is 47.7 Å². The molecule has 2 aromatic rings. The summed E-state index contributed by atoms with van der Waals surface area (Å²) in [5, 5.41) is 11.6. The minimum absolute atomic E-state index is 0.0926. The van der Waals surface area contributed by atoms with E-state index in [4.69, 9.17) is 0 Å². The molecular formula is C24H26N4O3S. The van der Waals surface area contributed by atoms with Crippen LogP contribution < -0.4 is 4.90 Å². The fourth-order valence-corrected chi connectivity index (χ4v) is 4.67. The van der Waals surface area contributed by atoms with Crippen LogP contribution in [0.4, 0.5) is 11.4 Å². The van der Waals surface area contributed by atoms with E-state index in [1.807, 2.05) is 18.2 Å². The topological polar surface area (TPSA) is 79.1 Å². The third-order valence-electron chi connectivity index (χ3n) is 5.66. The molecule has 1 fully saturated rings. The maximum absolute atomic E-state index is 12.5. The van der Waals surface area contributed by atoms with E-state index < -0.39 is 4.92 Å². The predicted molar refractivity (Wildman–Crippen MR) is 130 cm³/mol. The fourth-order valence-electron chi connectivity index (χ4n) is 3.71. The molecule has 0 radical (unpaired) electrons. The Labute approximate surface area is 192 Å². The van der Waals surface area contributed by atoms with Crippen molar-refractivity contribution in [1.29, 1.82) is 0 Å². The number of rotatable bonds is 3. The van der Waals surface area contributed by atoms with Gasteiger partial charge in [0, 0.05) is 44.0 Å². The Morgan fingerprint density at radius 2 is 1.56 bits per heavy atom. The van der Waals surface area contributed by atoms with Crippen LogP contribution in [-0.2, 0) is 10.2 Å². The van der Waals surface area contributed by atoms with Gasteiger partial charge in [0.2, 0.25) is 0 Å². The minimum Gasteiger partial charge on any atom is -0.368 e. The molecule has 32 heavy (non-hydrogen) atoms. The number of carbonyl (C=O) groups is 1. The number of benzene rings is 2. The molecule has 1 amide bonds. The standard InChI is InChI=1S/C24H26N4O3S/c1-24(2,3)18-6-4-17(5-7-18)16-21-22(29)25-23(32-21)27-14-12-26(13-15-27)19-8-10-20(11-9-19)28(30)31/h4-11,16H,12-15H2,1-3H3/b21-16-. The highest BCUT2D eigenvalue weighted by Crippen LogP contribution is 2.32.